The first-order valence-electron chi connectivity index (χ1n) is 16.1. The number of nitrogens with zero attached hydrogens (tertiary/aromatic N) is 7. The van der Waals surface area contributed by atoms with Gasteiger partial charge in [0.05, 0.1) is 38.6 Å². The van der Waals surface area contributed by atoms with Crippen LogP contribution in [0, 0.1) is 29.6 Å². The van der Waals surface area contributed by atoms with Crippen molar-refractivity contribution in [3.05, 3.63) is 102 Å². The zero-order chi connectivity index (χ0) is 43.4. The van der Waals surface area contributed by atoms with Crippen LogP contribution in [0.1, 0.15) is 16.7 Å². The number of hydrogen-bond acceptors (Lipinski definition) is 20. The van der Waals surface area contributed by atoms with Crippen molar-refractivity contribution < 1.29 is 53.5 Å². The topological polar surface area (TPSA) is 336 Å². The first-order chi connectivity index (χ1) is 28.4. The maximum absolute atomic E-state index is 12.1. The Morgan fingerprint density at radius 2 is 1.35 bits per heavy atom. The van der Waals surface area contributed by atoms with Crippen molar-refractivity contribution in [2.45, 2.75) is 26.5 Å². The normalized spacial score (nSPS) is 12.2. The Morgan fingerprint density at radius 1 is 0.733 bits per heavy atom. The maximum Gasteiger partial charge on any atom is 0.295 e. The van der Waals surface area contributed by atoms with Crippen molar-refractivity contribution in [1.29, 1.82) is 10.5 Å². The lowest BCUT2D eigenvalue weighted by Crippen LogP contribution is -2.05. The van der Waals surface area contributed by atoms with Gasteiger partial charge in [0.25, 0.3) is 30.4 Å². The van der Waals surface area contributed by atoms with Crippen LogP contribution < -0.4 is 10.6 Å². The second-order valence-electron chi connectivity index (χ2n) is 11.9. The monoisotopic (exact) mass is 909 g/mol. The molecule has 0 aliphatic heterocycles. The van der Waals surface area contributed by atoms with Gasteiger partial charge in [-0.25, -0.2) is 10.2 Å². The Labute approximate surface area is 347 Å². The molecule has 6 N–H and O–H groups in total. The summed E-state index contributed by atoms with van der Waals surface area (Å²) in [6, 6.07) is 22.1. The van der Waals surface area contributed by atoms with Crippen molar-refractivity contribution in [2.24, 2.45) is 20.5 Å². The van der Waals surface area contributed by atoms with Gasteiger partial charge < -0.3 is 10.6 Å². The van der Waals surface area contributed by atoms with Crippen molar-refractivity contribution in [3.63, 3.8) is 0 Å². The summed E-state index contributed by atoms with van der Waals surface area (Å²) in [5.41, 5.74) is 1.03. The molecule has 0 amide bonds. The van der Waals surface area contributed by atoms with Gasteiger partial charge in [-0.3, -0.25) is 13.7 Å². The molecule has 306 valence electrons. The quantitative estimate of drug-likeness (QED) is 0.0195. The predicted molar refractivity (Wildman–Crippen MR) is 215 cm³/mol. The first-order valence-corrected chi connectivity index (χ1v) is 22.0. The molecule has 2 aromatic heterocycles. The number of rotatable bonds is 14. The lowest BCUT2D eigenvalue weighted by atomic mass is 10.1. The second-order valence-corrected chi connectivity index (χ2v) is 17.9. The molecule has 26 heteroatoms. The van der Waals surface area contributed by atoms with E-state index in [0.717, 1.165) is 41.7 Å². The predicted octanol–water partition coefficient (Wildman–Crippen LogP) is 8.83. The third-order valence-electron chi connectivity index (χ3n) is 7.99. The Bertz CT molecular complexity index is 3150. The van der Waals surface area contributed by atoms with Gasteiger partial charge in [-0.2, -0.15) is 35.8 Å². The van der Waals surface area contributed by atoms with Gasteiger partial charge >= 0.3 is 0 Å². The first kappa shape index (κ1) is 43.3. The number of fused-ring (bicyclic) bond motifs is 1. The molecule has 60 heavy (non-hydrogen) atoms. The molecule has 0 radical (unpaired) electrons. The molecule has 0 fully saturated rings. The molecular formula is C34H23N9O12S5. The number of azo groups is 2. The average molecular weight is 910 g/mol. The summed E-state index contributed by atoms with van der Waals surface area (Å²) in [4.78, 5) is 3.46. The van der Waals surface area contributed by atoms with E-state index in [9.17, 15) is 49.4 Å². The number of nitriles is 2. The second kappa shape index (κ2) is 17.5. The van der Waals surface area contributed by atoms with E-state index in [2.05, 4.69) is 45.4 Å². The van der Waals surface area contributed by atoms with Gasteiger partial charge in [0.15, 0.2) is 16.6 Å². The standard InChI is InChI=1S/C34H23N9O12S5/c1-18-28(17-36)32(37-21-2-7-25(8-3-21)58(45,46)47)39-33(38-22-4-9-26(10-5-22)59(48,49)50)31(18)42-43-34-20(16-35)14-30(56-34)41-40-23-6-11-27-19(12-23)13-24(57-55-54-44)15-29(27)60(51,52)53/h2-15,44H,1H3,(H2,37,38,39)(H,45,46,47)(H,48,49,50)(H,51,52,53). The molecule has 2 heterocycles. The number of anilines is 4. The van der Waals surface area contributed by atoms with E-state index in [0.29, 0.717) is 17.4 Å². The van der Waals surface area contributed by atoms with Crippen LogP contribution in [-0.2, 0) is 39.7 Å². The van der Waals surface area contributed by atoms with Gasteiger partial charge in [-0.15, -0.1) is 24.8 Å². The maximum atomic E-state index is 12.1. The molecule has 6 aromatic rings. The fourth-order valence-electron chi connectivity index (χ4n) is 5.27. The summed E-state index contributed by atoms with van der Waals surface area (Å²) in [6.45, 7) is 1.53. The average Bonchev–Trinajstić information content (AvgIpc) is 3.60. The van der Waals surface area contributed by atoms with Crippen LogP contribution >= 0.6 is 23.4 Å². The third kappa shape index (κ3) is 10.1. The van der Waals surface area contributed by atoms with E-state index in [-0.39, 0.29) is 81.2 Å². The lowest BCUT2D eigenvalue weighted by molar-refractivity contribution is -0.432. The highest BCUT2D eigenvalue weighted by Crippen LogP contribution is 2.42. The fraction of sp³-hybridized carbons (Fsp3) is 0.0294. The lowest BCUT2D eigenvalue weighted by Gasteiger charge is -2.16. The van der Waals surface area contributed by atoms with Crippen molar-refractivity contribution in [3.8, 4) is 12.1 Å². The van der Waals surface area contributed by atoms with Gasteiger partial charge in [-0.1, -0.05) is 22.4 Å². The Morgan fingerprint density at radius 3 is 1.90 bits per heavy atom. The minimum atomic E-state index is -4.68. The number of aromatic nitrogens is 1. The van der Waals surface area contributed by atoms with Crippen LogP contribution in [0.25, 0.3) is 10.8 Å². The summed E-state index contributed by atoms with van der Waals surface area (Å²) < 4.78 is 103. The van der Waals surface area contributed by atoms with Crippen molar-refractivity contribution in [2.75, 3.05) is 10.6 Å². The number of pyridine rings is 1. The zero-order valence-corrected chi connectivity index (χ0v) is 33.9. The highest BCUT2D eigenvalue weighted by molar-refractivity contribution is 7.94. The Hall–Kier alpha value is -6.27. The van der Waals surface area contributed by atoms with Gasteiger partial charge in [0.1, 0.15) is 27.7 Å². The van der Waals surface area contributed by atoms with E-state index in [1.807, 2.05) is 12.1 Å². The highest BCUT2D eigenvalue weighted by Gasteiger charge is 2.21. The van der Waals surface area contributed by atoms with E-state index in [1.54, 1.807) is 0 Å². The van der Waals surface area contributed by atoms with Gasteiger partial charge in [-0.05, 0) is 91.2 Å². The highest BCUT2D eigenvalue weighted by atomic mass is 32.2. The molecule has 6 rings (SSSR count). The number of thiophene rings is 1. The third-order valence-corrected chi connectivity index (χ3v) is 12.1. The Kier molecular flexibility index (Phi) is 12.7. The molecule has 0 bridgehead atoms. The molecule has 0 spiro atoms. The number of nitrogens with one attached hydrogen (secondary N) is 2. The summed E-state index contributed by atoms with van der Waals surface area (Å²) in [5.74, 6) is -0.0418. The van der Waals surface area contributed by atoms with E-state index in [4.69, 9.17) is 5.26 Å². The SMILES string of the molecule is Cc1c(C#N)c(Nc2ccc(S(=O)(=O)O)cc2)nc(Nc2ccc(S(=O)(=O)O)cc2)c1N=Nc1sc(N=Nc2ccc3c(S(=O)(=O)O)cc(SOOO)cc3c2)cc1C#N. The molecule has 0 aliphatic carbocycles. The number of hydrogen-bond donors (Lipinski definition) is 6. The molecule has 0 unspecified atom stereocenters. The molecule has 0 aliphatic rings. The fourth-order valence-corrected chi connectivity index (χ4v) is 8.25. The van der Waals surface area contributed by atoms with Crippen LogP contribution in [0.3, 0.4) is 0 Å². The number of benzene rings is 4. The molecule has 0 atom stereocenters. The van der Waals surface area contributed by atoms with Gasteiger partial charge in [0.2, 0.25) is 0 Å². The smallest absolute Gasteiger partial charge is 0.295 e. The molecule has 4 aromatic carbocycles. The summed E-state index contributed by atoms with van der Waals surface area (Å²) in [7, 11) is -13.7. The van der Waals surface area contributed by atoms with E-state index >= 15 is 0 Å². The van der Waals surface area contributed by atoms with Crippen molar-refractivity contribution >= 4 is 109 Å². The molecule has 21 nitrogen and oxygen atoms in total. The van der Waals surface area contributed by atoms with Crippen LogP contribution in [0.5, 0.6) is 0 Å². The minimum absolute atomic E-state index is 0.00653. The summed E-state index contributed by atoms with van der Waals surface area (Å²) >= 11 is 1.38. The minimum Gasteiger partial charge on any atom is -0.339 e. The molecule has 0 saturated heterocycles. The van der Waals surface area contributed by atoms with Crippen molar-refractivity contribution in [1.82, 2.24) is 4.98 Å². The van der Waals surface area contributed by atoms with Crippen LogP contribution in [0.2, 0.25) is 0 Å². The molecule has 0 saturated carbocycles. The summed E-state index contributed by atoms with van der Waals surface area (Å²) in [6.07, 6.45) is 0. The zero-order valence-electron chi connectivity index (χ0n) is 29.8. The van der Waals surface area contributed by atoms with Crippen LogP contribution in [0.15, 0.2) is 125 Å². The molecular weight excluding hydrogens is 887 g/mol. The largest absolute Gasteiger partial charge is 0.339 e. The van der Waals surface area contributed by atoms with Crippen LogP contribution in [-0.4, -0.2) is 49.2 Å². The van der Waals surface area contributed by atoms with E-state index in [1.165, 1.54) is 61.5 Å². The summed E-state index contributed by atoms with van der Waals surface area (Å²) in [5, 5.41) is 55.7. The van der Waals surface area contributed by atoms with E-state index < -0.39 is 35.2 Å². The van der Waals surface area contributed by atoms with Gasteiger partial charge in [0, 0.05) is 27.2 Å². The van der Waals surface area contributed by atoms with Crippen LogP contribution in [0.4, 0.5) is 44.4 Å². The Balaban J connectivity index is 1.36.